The Labute approximate surface area is 163 Å². The smallest absolute Gasteiger partial charge is 0.261 e. The lowest BCUT2D eigenvalue weighted by atomic mass is 10.0. The predicted molar refractivity (Wildman–Crippen MR) is 107 cm³/mol. The minimum atomic E-state index is -0.728. The molecule has 0 aliphatic rings. The third kappa shape index (κ3) is 2.97. The standard InChI is InChI=1S/C22H14F2N4O/c23-18-8-14(15-7-13-5-6-25-21(13)26-10-15)9-19(24)17(18)11-28-12-27-20-4-2-1-3-16(20)22(28)29/h1-10,12H,11H2,(H,25,26). The van der Waals surface area contributed by atoms with Crippen LogP contribution in [0, 0.1) is 11.6 Å². The van der Waals surface area contributed by atoms with Gasteiger partial charge in [0.2, 0.25) is 0 Å². The summed E-state index contributed by atoms with van der Waals surface area (Å²) in [7, 11) is 0. The average Bonchev–Trinajstić information content (AvgIpc) is 3.20. The predicted octanol–water partition coefficient (Wildman–Crippen LogP) is 4.27. The molecule has 0 atom stereocenters. The van der Waals surface area contributed by atoms with Gasteiger partial charge in [-0.1, -0.05) is 12.1 Å². The topological polar surface area (TPSA) is 63.6 Å². The maximum absolute atomic E-state index is 14.8. The lowest BCUT2D eigenvalue weighted by Crippen LogP contribution is -2.22. The van der Waals surface area contributed by atoms with Crippen LogP contribution in [0.2, 0.25) is 0 Å². The summed E-state index contributed by atoms with van der Waals surface area (Å²) in [5.74, 6) is -1.46. The molecule has 0 unspecified atom stereocenters. The van der Waals surface area contributed by atoms with Gasteiger partial charge in [0.15, 0.2) is 0 Å². The van der Waals surface area contributed by atoms with Gasteiger partial charge in [0.1, 0.15) is 17.3 Å². The van der Waals surface area contributed by atoms with Crippen LogP contribution in [0.4, 0.5) is 8.78 Å². The number of pyridine rings is 1. The van der Waals surface area contributed by atoms with Gasteiger partial charge in [-0.05, 0) is 42.0 Å². The van der Waals surface area contributed by atoms with Crippen LogP contribution in [-0.4, -0.2) is 19.5 Å². The average molecular weight is 388 g/mol. The van der Waals surface area contributed by atoms with Gasteiger partial charge in [-0.3, -0.25) is 9.36 Å². The number of aromatic amines is 1. The van der Waals surface area contributed by atoms with Crippen molar-refractivity contribution in [1.82, 2.24) is 19.5 Å². The van der Waals surface area contributed by atoms with Gasteiger partial charge < -0.3 is 4.98 Å². The molecule has 0 bridgehead atoms. The van der Waals surface area contributed by atoms with Crippen molar-refractivity contribution in [3.8, 4) is 11.1 Å². The summed E-state index contributed by atoms with van der Waals surface area (Å²) in [6, 6.07) is 13.0. The van der Waals surface area contributed by atoms with E-state index in [1.165, 1.54) is 23.0 Å². The molecule has 0 saturated carbocycles. The number of aromatic nitrogens is 4. The van der Waals surface area contributed by atoms with E-state index in [9.17, 15) is 13.6 Å². The molecule has 2 aromatic carbocycles. The largest absolute Gasteiger partial charge is 0.346 e. The third-order valence-corrected chi connectivity index (χ3v) is 4.93. The van der Waals surface area contributed by atoms with E-state index in [0.717, 1.165) is 5.39 Å². The summed E-state index contributed by atoms with van der Waals surface area (Å²) < 4.78 is 30.8. The number of nitrogens with one attached hydrogen (secondary N) is 1. The number of hydrogen-bond acceptors (Lipinski definition) is 3. The number of hydrogen-bond donors (Lipinski definition) is 1. The number of halogens is 2. The minimum Gasteiger partial charge on any atom is -0.346 e. The van der Waals surface area contributed by atoms with E-state index < -0.39 is 11.6 Å². The van der Waals surface area contributed by atoms with Crippen molar-refractivity contribution in [2.24, 2.45) is 0 Å². The maximum Gasteiger partial charge on any atom is 0.261 e. The van der Waals surface area contributed by atoms with E-state index in [1.807, 2.05) is 12.1 Å². The molecule has 0 saturated heterocycles. The van der Waals surface area contributed by atoms with Gasteiger partial charge in [-0.15, -0.1) is 0 Å². The zero-order valence-corrected chi connectivity index (χ0v) is 15.1. The fourth-order valence-corrected chi connectivity index (χ4v) is 3.41. The molecule has 7 heteroatoms. The number of benzene rings is 2. The fraction of sp³-hybridized carbons (Fsp3) is 0.0455. The van der Waals surface area contributed by atoms with Crippen LogP contribution >= 0.6 is 0 Å². The first-order valence-electron chi connectivity index (χ1n) is 8.96. The van der Waals surface area contributed by atoms with Crippen molar-refractivity contribution in [1.29, 1.82) is 0 Å². The second-order valence-corrected chi connectivity index (χ2v) is 6.75. The summed E-state index contributed by atoms with van der Waals surface area (Å²) in [5, 5.41) is 1.25. The normalized spacial score (nSPS) is 11.4. The van der Waals surface area contributed by atoms with Crippen LogP contribution in [0.5, 0.6) is 0 Å². The summed E-state index contributed by atoms with van der Waals surface area (Å²) >= 11 is 0. The number of fused-ring (bicyclic) bond motifs is 2. The van der Waals surface area contributed by atoms with Crippen LogP contribution in [0.3, 0.4) is 0 Å². The van der Waals surface area contributed by atoms with E-state index >= 15 is 0 Å². The van der Waals surface area contributed by atoms with Crippen molar-refractivity contribution >= 4 is 21.9 Å². The first-order valence-corrected chi connectivity index (χ1v) is 8.96. The van der Waals surface area contributed by atoms with Gasteiger partial charge in [-0.25, -0.2) is 18.7 Å². The van der Waals surface area contributed by atoms with Gasteiger partial charge in [0.25, 0.3) is 5.56 Å². The molecule has 3 aromatic heterocycles. The maximum atomic E-state index is 14.8. The summed E-state index contributed by atoms with van der Waals surface area (Å²) in [5.41, 5.74) is 1.69. The zero-order chi connectivity index (χ0) is 20.0. The van der Waals surface area contributed by atoms with Gasteiger partial charge in [0.05, 0.1) is 23.8 Å². The summed E-state index contributed by atoms with van der Waals surface area (Å²) in [6.45, 7) is -0.246. The van der Waals surface area contributed by atoms with Crippen molar-refractivity contribution in [2.45, 2.75) is 6.54 Å². The molecule has 0 radical (unpaired) electrons. The zero-order valence-electron chi connectivity index (χ0n) is 15.1. The molecule has 5 nitrogen and oxygen atoms in total. The molecule has 5 aromatic rings. The highest BCUT2D eigenvalue weighted by molar-refractivity contribution is 5.81. The highest BCUT2D eigenvalue weighted by Crippen LogP contribution is 2.26. The number of rotatable bonds is 3. The Morgan fingerprint density at radius 2 is 1.76 bits per heavy atom. The molecule has 0 fully saturated rings. The molecule has 0 amide bonds. The second kappa shape index (κ2) is 6.63. The van der Waals surface area contributed by atoms with Crippen molar-refractivity contribution in [2.75, 3.05) is 0 Å². The monoisotopic (exact) mass is 388 g/mol. The van der Waals surface area contributed by atoms with Crippen LogP contribution in [0.15, 0.2) is 72.0 Å². The lowest BCUT2D eigenvalue weighted by Gasteiger charge is -2.11. The van der Waals surface area contributed by atoms with Crippen molar-refractivity contribution in [3.63, 3.8) is 0 Å². The Hall–Kier alpha value is -3.87. The molecule has 0 aliphatic heterocycles. The van der Waals surface area contributed by atoms with E-state index in [-0.39, 0.29) is 17.7 Å². The highest BCUT2D eigenvalue weighted by Gasteiger charge is 2.15. The van der Waals surface area contributed by atoms with E-state index in [4.69, 9.17) is 0 Å². The SMILES string of the molecule is O=c1c2ccccc2ncn1Cc1c(F)cc(-c2cnc3[nH]ccc3c2)cc1F. The van der Waals surface area contributed by atoms with Crippen LogP contribution in [0.1, 0.15) is 5.56 Å². The molecule has 1 N–H and O–H groups in total. The molecular formula is C22H14F2N4O. The molecule has 29 heavy (non-hydrogen) atoms. The molecule has 0 aliphatic carbocycles. The Bertz CT molecular complexity index is 1420. The molecule has 3 heterocycles. The summed E-state index contributed by atoms with van der Waals surface area (Å²) in [6.07, 6.45) is 4.62. The van der Waals surface area contributed by atoms with E-state index in [0.29, 0.717) is 27.7 Å². The molecule has 5 rings (SSSR count). The highest BCUT2D eigenvalue weighted by atomic mass is 19.1. The van der Waals surface area contributed by atoms with Crippen LogP contribution < -0.4 is 5.56 Å². The minimum absolute atomic E-state index is 0.191. The van der Waals surface area contributed by atoms with E-state index in [1.54, 1.807) is 36.7 Å². The van der Waals surface area contributed by atoms with Gasteiger partial charge >= 0.3 is 0 Å². The van der Waals surface area contributed by atoms with E-state index in [2.05, 4.69) is 15.0 Å². The van der Waals surface area contributed by atoms with Gasteiger partial charge in [0, 0.05) is 28.9 Å². The fourth-order valence-electron chi connectivity index (χ4n) is 3.41. The number of para-hydroxylation sites is 1. The first kappa shape index (κ1) is 17.2. The Kier molecular flexibility index (Phi) is 3.94. The Morgan fingerprint density at radius 3 is 2.59 bits per heavy atom. The number of H-pyrrole nitrogens is 1. The van der Waals surface area contributed by atoms with Crippen molar-refractivity contribution < 1.29 is 8.78 Å². The molecular weight excluding hydrogens is 374 g/mol. The first-order chi connectivity index (χ1) is 14.1. The van der Waals surface area contributed by atoms with Gasteiger partial charge in [-0.2, -0.15) is 0 Å². The molecule has 0 spiro atoms. The van der Waals surface area contributed by atoms with Crippen LogP contribution in [0.25, 0.3) is 33.1 Å². The Morgan fingerprint density at radius 1 is 0.966 bits per heavy atom. The third-order valence-electron chi connectivity index (χ3n) is 4.93. The van der Waals surface area contributed by atoms with Crippen molar-refractivity contribution in [3.05, 3.63) is 94.8 Å². The second-order valence-electron chi connectivity index (χ2n) is 6.75. The summed E-state index contributed by atoms with van der Waals surface area (Å²) in [4.78, 5) is 24.0. The molecule has 142 valence electrons. The Balaban J connectivity index is 1.55. The number of nitrogens with zero attached hydrogens (tertiary/aromatic N) is 3. The lowest BCUT2D eigenvalue weighted by molar-refractivity contribution is 0.541. The van der Waals surface area contributed by atoms with Crippen LogP contribution in [-0.2, 0) is 6.54 Å². The quantitative estimate of drug-likeness (QED) is 0.502.